The number of hydrogen-bond acceptors (Lipinski definition) is 2. The van der Waals surface area contributed by atoms with Crippen LogP contribution in [0, 0.1) is 16.7 Å². The van der Waals surface area contributed by atoms with E-state index in [1.54, 1.807) is 0 Å². The zero-order valence-corrected chi connectivity index (χ0v) is 11.0. The minimum absolute atomic E-state index is 0.165. The third kappa shape index (κ3) is 2.18. The Labute approximate surface area is 108 Å². The summed E-state index contributed by atoms with van der Waals surface area (Å²) in [5, 5.41) is 10.2. The Morgan fingerprint density at radius 2 is 1.88 bits per heavy atom. The fraction of sp³-hybridized carbons (Fsp3) is 0.500. The first kappa shape index (κ1) is 12.4. The second kappa shape index (κ2) is 4.68. The van der Waals surface area contributed by atoms with Crippen LogP contribution in [0.5, 0.6) is 0 Å². The number of halogens is 1. The van der Waals surface area contributed by atoms with Gasteiger partial charge in [-0.15, -0.1) is 0 Å². The van der Waals surface area contributed by atoms with Crippen molar-refractivity contribution in [3.63, 3.8) is 0 Å². The van der Waals surface area contributed by atoms with Crippen molar-refractivity contribution >= 4 is 11.6 Å². The molecule has 1 atom stereocenters. The molecule has 1 saturated carbocycles. The van der Waals surface area contributed by atoms with Crippen LogP contribution in [-0.2, 0) is 0 Å². The van der Waals surface area contributed by atoms with Crippen molar-refractivity contribution in [3.05, 3.63) is 34.9 Å². The molecule has 0 aliphatic heterocycles. The van der Waals surface area contributed by atoms with Crippen molar-refractivity contribution in [2.45, 2.75) is 25.3 Å². The molecule has 1 aromatic rings. The lowest BCUT2D eigenvalue weighted by atomic mass is 9.63. The summed E-state index contributed by atoms with van der Waals surface area (Å²) in [6, 6.07) is 10.6. The van der Waals surface area contributed by atoms with E-state index < -0.39 is 0 Å². The highest BCUT2D eigenvalue weighted by molar-refractivity contribution is 6.30. The number of benzene rings is 1. The van der Waals surface area contributed by atoms with Crippen LogP contribution in [0.2, 0.25) is 5.02 Å². The summed E-state index contributed by atoms with van der Waals surface area (Å²) in [7, 11) is 4.08. The smallest absolute Gasteiger partial charge is 0.0770 e. The van der Waals surface area contributed by atoms with Gasteiger partial charge in [0.2, 0.25) is 0 Å². The van der Waals surface area contributed by atoms with Crippen LogP contribution in [0.4, 0.5) is 0 Å². The van der Waals surface area contributed by atoms with Crippen molar-refractivity contribution < 1.29 is 0 Å². The Morgan fingerprint density at radius 1 is 1.29 bits per heavy atom. The van der Waals surface area contributed by atoms with Gasteiger partial charge in [-0.25, -0.2) is 0 Å². The summed E-state index contributed by atoms with van der Waals surface area (Å²) in [4.78, 5) is 2.14. The largest absolute Gasteiger partial charge is 0.301 e. The molecule has 1 unspecified atom stereocenters. The van der Waals surface area contributed by atoms with Crippen LogP contribution in [0.15, 0.2) is 24.3 Å². The van der Waals surface area contributed by atoms with E-state index in [4.69, 9.17) is 11.6 Å². The van der Waals surface area contributed by atoms with E-state index in [0.717, 1.165) is 24.3 Å². The Balaban J connectivity index is 2.36. The van der Waals surface area contributed by atoms with Gasteiger partial charge in [0.25, 0.3) is 0 Å². The first-order valence-electron chi connectivity index (χ1n) is 5.92. The predicted octanol–water partition coefficient (Wildman–Crippen LogP) is 3.64. The average molecular weight is 249 g/mol. The molecule has 2 nitrogen and oxygen atoms in total. The highest BCUT2D eigenvalue weighted by Crippen LogP contribution is 2.51. The van der Waals surface area contributed by atoms with Crippen LogP contribution < -0.4 is 0 Å². The summed E-state index contributed by atoms with van der Waals surface area (Å²) in [5.41, 5.74) is 0.970. The fourth-order valence-electron chi connectivity index (χ4n) is 2.76. The lowest BCUT2D eigenvalue weighted by Crippen LogP contribution is -2.41. The van der Waals surface area contributed by atoms with E-state index in [-0.39, 0.29) is 11.5 Å². The molecular formula is C14H17ClN2. The van der Waals surface area contributed by atoms with Gasteiger partial charge >= 0.3 is 0 Å². The van der Waals surface area contributed by atoms with Crippen LogP contribution in [-0.4, -0.2) is 19.0 Å². The standard InChI is InChI=1S/C14H17ClN2/c1-17(2)13(14(10-16)8-3-9-14)11-4-6-12(15)7-5-11/h4-7,13H,3,8-9H2,1-2H3. The van der Waals surface area contributed by atoms with Gasteiger partial charge in [0.05, 0.1) is 17.5 Å². The van der Waals surface area contributed by atoms with Gasteiger partial charge in [-0.2, -0.15) is 5.26 Å². The van der Waals surface area contributed by atoms with Crippen molar-refractivity contribution in [2.24, 2.45) is 5.41 Å². The van der Waals surface area contributed by atoms with E-state index in [2.05, 4.69) is 11.0 Å². The predicted molar refractivity (Wildman–Crippen MR) is 69.8 cm³/mol. The SMILES string of the molecule is CN(C)C(c1ccc(Cl)cc1)C1(C#N)CCC1. The second-order valence-corrected chi connectivity index (χ2v) is 5.48. The molecule has 3 heteroatoms. The van der Waals surface area contributed by atoms with Crippen LogP contribution in [0.3, 0.4) is 0 Å². The zero-order chi connectivity index (χ0) is 12.5. The molecular weight excluding hydrogens is 232 g/mol. The first-order chi connectivity index (χ1) is 8.09. The van der Waals surface area contributed by atoms with Gasteiger partial charge in [-0.1, -0.05) is 30.2 Å². The number of nitrogens with zero attached hydrogens (tertiary/aromatic N) is 2. The van der Waals surface area contributed by atoms with Gasteiger partial charge in [0.15, 0.2) is 0 Å². The highest BCUT2D eigenvalue weighted by Gasteiger charge is 2.46. The molecule has 0 aromatic heterocycles. The van der Waals surface area contributed by atoms with Crippen molar-refractivity contribution in [1.82, 2.24) is 4.90 Å². The molecule has 0 saturated heterocycles. The maximum Gasteiger partial charge on any atom is 0.0770 e. The van der Waals surface area contributed by atoms with Gasteiger partial charge in [0, 0.05) is 5.02 Å². The number of hydrogen-bond donors (Lipinski definition) is 0. The topological polar surface area (TPSA) is 27.0 Å². The maximum absolute atomic E-state index is 9.47. The van der Waals surface area contributed by atoms with Crippen molar-refractivity contribution in [3.8, 4) is 6.07 Å². The lowest BCUT2D eigenvalue weighted by Gasteiger charge is -2.45. The van der Waals surface area contributed by atoms with E-state index in [1.165, 1.54) is 5.56 Å². The van der Waals surface area contributed by atoms with Gasteiger partial charge in [-0.05, 0) is 44.6 Å². The van der Waals surface area contributed by atoms with Crippen LogP contribution >= 0.6 is 11.6 Å². The first-order valence-corrected chi connectivity index (χ1v) is 6.30. The zero-order valence-electron chi connectivity index (χ0n) is 10.3. The Kier molecular flexibility index (Phi) is 3.42. The molecule has 0 radical (unpaired) electrons. The number of nitriles is 1. The van der Waals surface area contributed by atoms with Gasteiger partial charge in [0.1, 0.15) is 0 Å². The lowest BCUT2D eigenvalue weighted by molar-refractivity contribution is 0.0749. The van der Waals surface area contributed by atoms with Crippen molar-refractivity contribution in [2.75, 3.05) is 14.1 Å². The summed E-state index contributed by atoms with van der Waals surface area (Å²) < 4.78 is 0. The monoisotopic (exact) mass is 248 g/mol. The molecule has 90 valence electrons. The molecule has 0 heterocycles. The molecule has 1 aliphatic rings. The summed E-state index contributed by atoms with van der Waals surface area (Å²) in [6.07, 6.45) is 3.15. The molecule has 17 heavy (non-hydrogen) atoms. The summed E-state index contributed by atoms with van der Waals surface area (Å²) >= 11 is 5.91. The van der Waals surface area contributed by atoms with E-state index in [1.807, 2.05) is 38.4 Å². The summed E-state index contributed by atoms with van der Waals surface area (Å²) in [6.45, 7) is 0. The maximum atomic E-state index is 9.47. The molecule has 2 rings (SSSR count). The minimum atomic E-state index is -0.211. The normalized spacial score (nSPS) is 19.5. The molecule has 0 N–H and O–H groups in total. The van der Waals surface area contributed by atoms with Crippen molar-refractivity contribution in [1.29, 1.82) is 5.26 Å². The second-order valence-electron chi connectivity index (χ2n) is 5.04. The third-order valence-electron chi connectivity index (χ3n) is 3.69. The summed E-state index contributed by atoms with van der Waals surface area (Å²) in [5.74, 6) is 0. The van der Waals surface area contributed by atoms with E-state index >= 15 is 0 Å². The molecule has 0 spiro atoms. The molecule has 1 aliphatic carbocycles. The van der Waals surface area contributed by atoms with Crippen LogP contribution in [0.25, 0.3) is 0 Å². The molecule has 0 amide bonds. The highest BCUT2D eigenvalue weighted by atomic mass is 35.5. The average Bonchev–Trinajstić information content (AvgIpc) is 2.24. The van der Waals surface area contributed by atoms with Crippen LogP contribution in [0.1, 0.15) is 30.9 Å². The minimum Gasteiger partial charge on any atom is -0.301 e. The molecule has 0 bridgehead atoms. The van der Waals surface area contributed by atoms with Gasteiger partial charge < -0.3 is 4.90 Å². The Hall–Kier alpha value is -1.04. The van der Waals surface area contributed by atoms with E-state index in [0.29, 0.717) is 0 Å². The Morgan fingerprint density at radius 3 is 2.24 bits per heavy atom. The Bertz CT molecular complexity index is 427. The quantitative estimate of drug-likeness (QED) is 0.817. The third-order valence-corrected chi connectivity index (χ3v) is 3.95. The molecule has 1 fully saturated rings. The fourth-order valence-corrected chi connectivity index (χ4v) is 2.89. The van der Waals surface area contributed by atoms with Gasteiger partial charge in [-0.3, -0.25) is 0 Å². The number of rotatable bonds is 3. The van der Waals surface area contributed by atoms with E-state index in [9.17, 15) is 5.26 Å². The molecule has 1 aromatic carbocycles.